The van der Waals surface area contributed by atoms with Crippen molar-refractivity contribution in [2.45, 2.75) is 26.4 Å². The predicted octanol–water partition coefficient (Wildman–Crippen LogP) is 3.42. The number of imidazole rings is 1. The maximum atomic E-state index is 13.1. The number of para-hydroxylation sites is 2. The SMILES string of the molecule is CC(=O)NC(C)c1nc2ccccc2n1Cc1ccc(F)cc1. The zero-order valence-corrected chi connectivity index (χ0v) is 13.1. The molecule has 0 aliphatic rings. The van der Waals surface area contributed by atoms with Crippen LogP contribution in [0.2, 0.25) is 0 Å². The summed E-state index contributed by atoms with van der Waals surface area (Å²) in [5.41, 5.74) is 2.84. The Labute approximate surface area is 134 Å². The molecule has 0 radical (unpaired) electrons. The van der Waals surface area contributed by atoms with E-state index in [1.807, 2.05) is 31.2 Å². The average Bonchev–Trinajstić information content (AvgIpc) is 2.88. The van der Waals surface area contributed by atoms with Gasteiger partial charge in [0, 0.05) is 13.5 Å². The van der Waals surface area contributed by atoms with E-state index >= 15 is 0 Å². The maximum absolute atomic E-state index is 13.1. The molecule has 5 heteroatoms. The number of nitrogens with one attached hydrogen (secondary N) is 1. The molecule has 0 saturated carbocycles. The van der Waals surface area contributed by atoms with Crippen molar-refractivity contribution in [1.82, 2.24) is 14.9 Å². The van der Waals surface area contributed by atoms with Crippen molar-refractivity contribution in [3.8, 4) is 0 Å². The lowest BCUT2D eigenvalue weighted by Crippen LogP contribution is -2.26. The van der Waals surface area contributed by atoms with Crippen LogP contribution >= 0.6 is 0 Å². The Kier molecular flexibility index (Phi) is 4.10. The molecule has 0 spiro atoms. The first kappa shape index (κ1) is 15.2. The number of halogens is 1. The van der Waals surface area contributed by atoms with Crippen LogP contribution in [0.5, 0.6) is 0 Å². The van der Waals surface area contributed by atoms with Gasteiger partial charge in [0.2, 0.25) is 5.91 Å². The van der Waals surface area contributed by atoms with E-state index in [9.17, 15) is 9.18 Å². The molecular weight excluding hydrogens is 293 g/mol. The number of amides is 1. The van der Waals surface area contributed by atoms with E-state index < -0.39 is 0 Å². The number of rotatable bonds is 4. The minimum atomic E-state index is -0.254. The molecule has 0 aliphatic carbocycles. The summed E-state index contributed by atoms with van der Waals surface area (Å²) in [4.78, 5) is 16.0. The van der Waals surface area contributed by atoms with E-state index in [2.05, 4.69) is 14.9 Å². The standard InChI is InChI=1S/C18H18FN3O/c1-12(20-13(2)23)18-21-16-5-3-4-6-17(16)22(18)11-14-7-9-15(19)10-8-14/h3-10,12H,11H2,1-2H3,(H,20,23). The minimum absolute atomic E-state index is 0.0992. The fourth-order valence-corrected chi connectivity index (χ4v) is 2.73. The summed E-state index contributed by atoms with van der Waals surface area (Å²) >= 11 is 0. The number of fused-ring (bicyclic) bond motifs is 1. The number of nitrogens with zero attached hydrogens (tertiary/aromatic N) is 2. The molecule has 0 aliphatic heterocycles. The molecule has 0 saturated heterocycles. The minimum Gasteiger partial charge on any atom is -0.347 e. The summed E-state index contributed by atoms with van der Waals surface area (Å²) in [7, 11) is 0. The van der Waals surface area contributed by atoms with Crippen LogP contribution in [0, 0.1) is 5.82 Å². The van der Waals surface area contributed by atoms with E-state index in [1.165, 1.54) is 19.1 Å². The van der Waals surface area contributed by atoms with Gasteiger partial charge < -0.3 is 9.88 Å². The Morgan fingerprint density at radius 2 is 1.91 bits per heavy atom. The first-order chi connectivity index (χ1) is 11.0. The Morgan fingerprint density at radius 1 is 1.22 bits per heavy atom. The van der Waals surface area contributed by atoms with Gasteiger partial charge in [-0.05, 0) is 36.8 Å². The second-order valence-electron chi connectivity index (χ2n) is 5.59. The first-order valence-corrected chi connectivity index (χ1v) is 7.51. The van der Waals surface area contributed by atoms with Gasteiger partial charge >= 0.3 is 0 Å². The van der Waals surface area contributed by atoms with E-state index in [4.69, 9.17) is 0 Å². The summed E-state index contributed by atoms with van der Waals surface area (Å²) in [6, 6.07) is 14.0. The molecule has 1 atom stereocenters. The van der Waals surface area contributed by atoms with Gasteiger partial charge in [0.1, 0.15) is 11.6 Å². The summed E-state index contributed by atoms with van der Waals surface area (Å²) < 4.78 is 15.2. The zero-order chi connectivity index (χ0) is 16.4. The third-order valence-electron chi connectivity index (χ3n) is 3.75. The van der Waals surface area contributed by atoms with Crippen LogP contribution in [0.25, 0.3) is 11.0 Å². The van der Waals surface area contributed by atoms with Crippen molar-refractivity contribution in [1.29, 1.82) is 0 Å². The van der Waals surface area contributed by atoms with Crippen LogP contribution < -0.4 is 5.32 Å². The number of hydrogen-bond acceptors (Lipinski definition) is 2. The van der Waals surface area contributed by atoms with Gasteiger partial charge in [0.15, 0.2) is 0 Å². The third-order valence-corrected chi connectivity index (χ3v) is 3.75. The van der Waals surface area contributed by atoms with Gasteiger partial charge in [-0.25, -0.2) is 9.37 Å². The van der Waals surface area contributed by atoms with Crippen LogP contribution in [0.15, 0.2) is 48.5 Å². The molecule has 0 fully saturated rings. The van der Waals surface area contributed by atoms with E-state index in [0.717, 1.165) is 22.4 Å². The summed E-state index contributed by atoms with van der Waals surface area (Å²) in [5, 5.41) is 2.87. The molecule has 23 heavy (non-hydrogen) atoms. The van der Waals surface area contributed by atoms with Gasteiger partial charge in [-0.1, -0.05) is 24.3 Å². The highest BCUT2D eigenvalue weighted by molar-refractivity contribution is 5.77. The predicted molar refractivity (Wildman–Crippen MR) is 87.5 cm³/mol. The molecule has 118 valence electrons. The Balaban J connectivity index is 2.05. The monoisotopic (exact) mass is 311 g/mol. The highest BCUT2D eigenvalue weighted by Crippen LogP contribution is 2.22. The fourth-order valence-electron chi connectivity index (χ4n) is 2.73. The molecule has 2 aromatic carbocycles. The first-order valence-electron chi connectivity index (χ1n) is 7.51. The van der Waals surface area contributed by atoms with Crippen LogP contribution in [0.3, 0.4) is 0 Å². The highest BCUT2D eigenvalue weighted by Gasteiger charge is 2.17. The number of hydrogen-bond donors (Lipinski definition) is 1. The summed E-state index contributed by atoms with van der Waals surface area (Å²) in [5.74, 6) is 0.430. The molecule has 0 bridgehead atoms. The number of benzene rings is 2. The Bertz CT molecular complexity index is 839. The maximum Gasteiger partial charge on any atom is 0.217 e. The second kappa shape index (κ2) is 6.20. The van der Waals surface area contributed by atoms with Crippen molar-refractivity contribution in [2.75, 3.05) is 0 Å². The van der Waals surface area contributed by atoms with Crippen molar-refractivity contribution < 1.29 is 9.18 Å². The van der Waals surface area contributed by atoms with Crippen molar-refractivity contribution >= 4 is 16.9 Å². The van der Waals surface area contributed by atoms with Crippen LogP contribution in [0.4, 0.5) is 4.39 Å². The van der Waals surface area contributed by atoms with E-state index in [-0.39, 0.29) is 17.8 Å². The van der Waals surface area contributed by atoms with Gasteiger partial charge in [-0.2, -0.15) is 0 Å². The average molecular weight is 311 g/mol. The molecule has 3 aromatic rings. The molecule has 1 amide bonds. The number of aromatic nitrogens is 2. The normalized spacial score (nSPS) is 12.3. The lowest BCUT2D eigenvalue weighted by molar-refractivity contribution is -0.119. The van der Waals surface area contributed by atoms with Crippen LogP contribution in [-0.4, -0.2) is 15.5 Å². The van der Waals surface area contributed by atoms with Gasteiger partial charge in [-0.3, -0.25) is 4.79 Å². The molecule has 1 N–H and O–H groups in total. The Morgan fingerprint density at radius 3 is 2.61 bits per heavy atom. The van der Waals surface area contributed by atoms with E-state index in [0.29, 0.717) is 6.54 Å². The molecule has 3 rings (SSSR count). The Hall–Kier alpha value is -2.69. The van der Waals surface area contributed by atoms with Crippen LogP contribution in [-0.2, 0) is 11.3 Å². The molecule has 1 aromatic heterocycles. The number of carbonyl (C=O) groups is 1. The molecule has 1 heterocycles. The zero-order valence-electron chi connectivity index (χ0n) is 13.1. The quantitative estimate of drug-likeness (QED) is 0.802. The van der Waals surface area contributed by atoms with Gasteiger partial charge in [0.05, 0.1) is 17.1 Å². The van der Waals surface area contributed by atoms with Gasteiger partial charge in [0.25, 0.3) is 0 Å². The van der Waals surface area contributed by atoms with Gasteiger partial charge in [-0.15, -0.1) is 0 Å². The van der Waals surface area contributed by atoms with E-state index in [1.54, 1.807) is 12.1 Å². The highest BCUT2D eigenvalue weighted by atomic mass is 19.1. The van der Waals surface area contributed by atoms with Crippen molar-refractivity contribution in [3.63, 3.8) is 0 Å². The second-order valence-corrected chi connectivity index (χ2v) is 5.59. The van der Waals surface area contributed by atoms with Crippen molar-refractivity contribution in [2.24, 2.45) is 0 Å². The largest absolute Gasteiger partial charge is 0.347 e. The summed E-state index contributed by atoms with van der Waals surface area (Å²) in [6.07, 6.45) is 0. The molecule has 4 nitrogen and oxygen atoms in total. The smallest absolute Gasteiger partial charge is 0.217 e. The lowest BCUT2D eigenvalue weighted by atomic mass is 10.2. The lowest BCUT2D eigenvalue weighted by Gasteiger charge is -2.15. The number of carbonyl (C=O) groups excluding carboxylic acids is 1. The summed E-state index contributed by atoms with van der Waals surface area (Å²) in [6.45, 7) is 3.97. The topological polar surface area (TPSA) is 46.9 Å². The van der Waals surface area contributed by atoms with Crippen LogP contribution in [0.1, 0.15) is 31.3 Å². The molecule has 1 unspecified atom stereocenters. The third kappa shape index (κ3) is 3.23. The fraction of sp³-hybridized carbons (Fsp3) is 0.222. The van der Waals surface area contributed by atoms with Crippen molar-refractivity contribution in [3.05, 3.63) is 65.7 Å². The molecular formula is C18H18FN3O.